The lowest BCUT2D eigenvalue weighted by atomic mass is 10.2. The van der Waals surface area contributed by atoms with Crippen LogP contribution >= 0.6 is 0 Å². The number of aryl methyl sites for hydroxylation is 2. The van der Waals surface area contributed by atoms with Crippen molar-refractivity contribution < 1.29 is 14.3 Å². The van der Waals surface area contributed by atoms with Crippen LogP contribution in [0.25, 0.3) is 11.0 Å². The van der Waals surface area contributed by atoms with E-state index in [4.69, 9.17) is 9.47 Å². The quantitative estimate of drug-likeness (QED) is 0.707. The fourth-order valence-electron chi connectivity index (χ4n) is 3.54. The van der Waals surface area contributed by atoms with Gasteiger partial charge in [0.2, 0.25) is 6.79 Å². The molecule has 1 amide bonds. The largest absolute Gasteiger partial charge is 0.454 e. The standard InChI is InChI=1S/C20H22N4O5/c1-4-5-8-24-14(10-13-18(24)22(2)20(27)23(3)19(13)26)17(25)21-12-6-7-15-16(9-12)29-11-28-15/h6-7,9-10H,4-5,8,11H2,1-3H3,(H,21,25). The van der Waals surface area contributed by atoms with Crippen molar-refractivity contribution in [2.24, 2.45) is 14.1 Å². The Morgan fingerprint density at radius 1 is 1.10 bits per heavy atom. The molecule has 0 spiro atoms. The molecule has 29 heavy (non-hydrogen) atoms. The number of aromatic nitrogens is 3. The van der Waals surface area contributed by atoms with Gasteiger partial charge in [-0.15, -0.1) is 0 Å². The van der Waals surface area contributed by atoms with Crippen LogP contribution in [0.2, 0.25) is 0 Å². The highest BCUT2D eigenvalue weighted by Gasteiger charge is 2.22. The van der Waals surface area contributed by atoms with Crippen LogP contribution in [0, 0.1) is 0 Å². The first-order valence-corrected chi connectivity index (χ1v) is 9.42. The number of carbonyl (C=O) groups excluding carboxylic acids is 1. The maximum Gasteiger partial charge on any atom is 0.332 e. The predicted molar refractivity (Wildman–Crippen MR) is 108 cm³/mol. The van der Waals surface area contributed by atoms with Gasteiger partial charge in [0.1, 0.15) is 11.3 Å². The van der Waals surface area contributed by atoms with Gasteiger partial charge in [0, 0.05) is 32.4 Å². The highest BCUT2D eigenvalue weighted by atomic mass is 16.7. The Hall–Kier alpha value is -3.49. The van der Waals surface area contributed by atoms with Crippen molar-refractivity contribution in [1.29, 1.82) is 0 Å². The van der Waals surface area contributed by atoms with Gasteiger partial charge in [-0.1, -0.05) is 13.3 Å². The van der Waals surface area contributed by atoms with E-state index < -0.39 is 11.2 Å². The Morgan fingerprint density at radius 2 is 1.86 bits per heavy atom. The fraction of sp³-hybridized carbons (Fsp3) is 0.350. The number of benzene rings is 1. The Labute approximate surface area is 166 Å². The second kappa shape index (κ2) is 7.16. The minimum absolute atomic E-state index is 0.148. The molecule has 9 heteroatoms. The van der Waals surface area contributed by atoms with Crippen LogP contribution < -0.4 is 26.0 Å². The summed E-state index contributed by atoms with van der Waals surface area (Å²) in [5.74, 6) is 0.815. The zero-order valence-corrected chi connectivity index (χ0v) is 16.5. The van der Waals surface area contributed by atoms with Gasteiger partial charge < -0.3 is 19.4 Å². The number of carbonyl (C=O) groups is 1. The van der Waals surface area contributed by atoms with Gasteiger partial charge in [0.25, 0.3) is 11.5 Å². The van der Waals surface area contributed by atoms with E-state index in [1.165, 1.54) is 11.6 Å². The number of nitrogens with one attached hydrogen (secondary N) is 1. The summed E-state index contributed by atoms with van der Waals surface area (Å²) in [6, 6.07) is 6.69. The molecule has 3 heterocycles. The van der Waals surface area contributed by atoms with Crippen LogP contribution in [0.3, 0.4) is 0 Å². The van der Waals surface area contributed by atoms with Crippen molar-refractivity contribution in [3.8, 4) is 11.5 Å². The van der Waals surface area contributed by atoms with Crippen LogP contribution in [0.15, 0.2) is 33.9 Å². The zero-order chi connectivity index (χ0) is 20.7. The molecule has 4 rings (SSSR count). The van der Waals surface area contributed by atoms with E-state index in [1.54, 1.807) is 35.9 Å². The van der Waals surface area contributed by atoms with Gasteiger partial charge in [-0.05, 0) is 24.6 Å². The van der Waals surface area contributed by atoms with Gasteiger partial charge in [0.15, 0.2) is 11.5 Å². The molecule has 0 bridgehead atoms. The number of ether oxygens (including phenoxy) is 2. The first-order chi connectivity index (χ1) is 13.9. The third kappa shape index (κ3) is 3.08. The van der Waals surface area contributed by atoms with Crippen molar-refractivity contribution in [2.75, 3.05) is 12.1 Å². The molecule has 3 aromatic rings. The minimum atomic E-state index is -0.430. The average molecular weight is 398 g/mol. The number of hydrogen-bond acceptors (Lipinski definition) is 5. The zero-order valence-electron chi connectivity index (χ0n) is 16.5. The number of anilines is 1. The first kappa shape index (κ1) is 18.9. The summed E-state index contributed by atoms with van der Waals surface area (Å²) in [5, 5.41) is 3.18. The molecule has 0 radical (unpaired) electrons. The summed E-state index contributed by atoms with van der Waals surface area (Å²) in [4.78, 5) is 38.1. The summed E-state index contributed by atoms with van der Waals surface area (Å²) in [5.41, 5.74) is 0.469. The van der Waals surface area contributed by atoms with E-state index in [-0.39, 0.29) is 12.7 Å². The normalized spacial score (nSPS) is 12.5. The molecule has 0 saturated carbocycles. The molecule has 0 aliphatic carbocycles. The molecule has 0 saturated heterocycles. The lowest BCUT2D eigenvalue weighted by Gasteiger charge is -2.13. The monoisotopic (exact) mass is 398 g/mol. The van der Waals surface area contributed by atoms with Crippen molar-refractivity contribution in [3.05, 3.63) is 50.8 Å². The molecular formula is C20H22N4O5. The second-order valence-electron chi connectivity index (χ2n) is 7.00. The van der Waals surface area contributed by atoms with E-state index >= 15 is 0 Å². The molecule has 2 aromatic heterocycles. The molecule has 1 N–H and O–H groups in total. The summed E-state index contributed by atoms with van der Waals surface area (Å²) in [7, 11) is 3.03. The van der Waals surface area contributed by atoms with Gasteiger partial charge in [0.05, 0.1) is 5.39 Å². The Morgan fingerprint density at radius 3 is 2.62 bits per heavy atom. The summed E-state index contributed by atoms with van der Waals surface area (Å²) >= 11 is 0. The van der Waals surface area contributed by atoms with Crippen LogP contribution in [0.1, 0.15) is 30.3 Å². The minimum Gasteiger partial charge on any atom is -0.454 e. The van der Waals surface area contributed by atoms with Gasteiger partial charge in [-0.3, -0.25) is 18.7 Å². The van der Waals surface area contributed by atoms with Crippen molar-refractivity contribution in [2.45, 2.75) is 26.3 Å². The molecule has 0 fully saturated rings. The summed E-state index contributed by atoms with van der Waals surface area (Å²) < 4.78 is 14.8. The molecule has 1 aliphatic heterocycles. The van der Waals surface area contributed by atoms with Crippen molar-refractivity contribution in [3.63, 3.8) is 0 Å². The number of fused-ring (bicyclic) bond motifs is 2. The number of rotatable bonds is 5. The third-order valence-corrected chi connectivity index (χ3v) is 5.09. The molecule has 1 aliphatic rings. The van der Waals surface area contributed by atoms with E-state index in [9.17, 15) is 14.4 Å². The van der Waals surface area contributed by atoms with E-state index in [0.29, 0.717) is 40.5 Å². The molecule has 152 valence electrons. The maximum atomic E-state index is 13.1. The van der Waals surface area contributed by atoms with Crippen molar-refractivity contribution >= 4 is 22.6 Å². The lowest BCUT2D eigenvalue weighted by Crippen LogP contribution is -2.37. The topological polar surface area (TPSA) is 96.5 Å². The predicted octanol–water partition coefficient (Wildman–Crippen LogP) is 1.82. The van der Waals surface area contributed by atoms with Crippen LogP contribution in [0.5, 0.6) is 11.5 Å². The number of unbranched alkanes of at least 4 members (excludes halogenated alkanes) is 1. The molecule has 1 aromatic carbocycles. The number of nitrogens with zero attached hydrogens (tertiary/aromatic N) is 3. The second-order valence-corrected chi connectivity index (χ2v) is 7.00. The highest BCUT2D eigenvalue weighted by Crippen LogP contribution is 2.34. The van der Waals surface area contributed by atoms with Gasteiger partial charge >= 0.3 is 5.69 Å². The highest BCUT2D eigenvalue weighted by molar-refractivity contribution is 6.06. The molecule has 0 unspecified atom stereocenters. The lowest BCUT2D eigenvalue weighted by molar-refractivity contribution is 0.101. The van der Waals surface area contributed by atoms with Crippen LogP contribution in [-0.2, 0) is 20.6 Å². The smallest absolute Gasteiger partial charge is 0.332 e. The van der Waals surface area contributed by atoms with Gasteiger partial charge in [-0.2, -0.15) is 0 Å². The Kier molecular flexibility index (Phi) is 4.65. The van der Waals surface area contributed by atoms with Crippen molar-refractivity contribution in [1.82, 2.24) is 13.7 Å². The maximum absolute atomic E-state index is 13.1. The molecular weight excluding hydrogens is 376 g/mol. The SMILES string of the molecule is CCCCn1c(C(=O)Nc2ccc3c(c2)OCO3)cc2c(=O)n(C)c(=O)n(C)c21. The van der Waals surface area contributed by atoms with Gasteiger partial charge in [-0.25, -0.2) is 4.79 Å². The molecule has 9 nitrogen and oxygen atoms in total. The van der Waals surface area contributed by atoms with Crippen LogP contribution in [0.4, 0.5) is 5.69 Å². The van der Waals surface area contributed by atoms with E-state index in [1.807, 2.05) is 6.92 Å². The number of hydrogen-bond donors (Lipinski definition) is 1. The summed E-state index contributed by atoms with van der Waals surface area (Å²) in [6.07, 6.45) is 1.71. The Bertz CT molecular complexity index is 1230. The Balaban J connectivity index is 1.80. The van der Waals surface area contributed by atoms with Crippen LogP contribution in [-0.4, -0.2) is 26.4 Å². The van der Waals surface area contributed by atoms with E-state index in [0.717, 1.165) is 17.4 Å². The third-order valence-electron chi connectivity index (χ3n) is 5.09. The average Bonchev–Trinajstić information content (AvgIpc) is 3.33. The molecule has 0 atom stereocenters. The van der Waals surface area contributed by atoms with E-state index in [2.05, 4.69) is 5.32 Å². The fourth-order valence-corrected chi connectivity index (χ4v) is 3.54. The number of amides is 1. The first-order valence-electron chi connectivity index (χ1n) is 9.42. The summed E-state index contributed by atoms with van der Waals surface area (Å²) in [6.45, 7) is 2.70.